The predicted molar refractivity (Wildman–Crippen MR) is 118 cm³/mol. The van der Waals surface area contributed by atoms with Crippen molar-refractivity contribution in [2.45, 2.75) is 13.0 Å². The van der Waals surface area contributed by atoms with Crippen LogP contribution in [0.25, 0.3) is 0 Å². The number of carbonyl (C=O) groups excluding carboxylic acids is 1. The second kappa shape index (κ2) is 10.2. The fourth-order valence-electron chi connectivity index (χ4n) is 3.70. The maximum absolute atomic E-state index is 12.6. The van der Waals surface area contributed by atoms with Gasteiger partial charge in [0.15, 0.2) is 11.5 Å². The second-order valence-electron chi connectivity index (χ2n) is 7.41. The van der Waals surface area contributed by atoms with Crippen molar-refractivity contribution in [1.82, 2.24) is 10.2 Å². The molecule has 162 valence electrons. The number of anilines is 1. The highest BCUT2D eigenvalue weighted by molar-refractivity contribution is 5.79. The number of hydrogen-bond donors (Lipinski definition) is 1. The quantitative estimate of drug-likeness (QED) is 0.717. The van der Waals surface area contributed by atoms with Crippen molar-refractivity contribution >= 4 is 11.6 Å². The van der Waals surface area contributed by atoms with Gasteiger partial charge >= 0.3 is 0 Å². The summed E-state index contributed by atoms with van der Waals surface area (Å²) in [6.45, 7) is 4.56. The van der Waals surface area contributed by atoms with Crippen LogP contribution >= 0.6 is 0 Å². The van der Waals surface area contributed by atoms with Gasteiger partial charge in [0.05, 0.1) is 27.8 Å². The van der Waals surface area contributed by atoms with E-state index < -0.39 is 0 Å². The third-order valence-electron chi connectivity index (χ3n) is 5.40. The molecule has 30 heavy (non-hydrogen) atoms. The highest BCUT2D eigenvalue weighted by Gasteiger charge is 2.18. The summed E-state index contributed by atoms with van der Waals surface area (Å²) in [5.74, 6) is 1.54. The summed E-state index contributed by atoms with van der Waals surface area (Å²) in [5.41, 5.74) is 3.12. The molecule has 1 heterocycles. The van der Waals surface area contributed by atoms with Gasteiger partial charge < -0.3 is 29.3 Å². The number of nitrogens with one attached hydrogen (secondary N) is 1. The van der Waals surface area contributed by atoms with E-state index in [9.17, 15) is 4.79 Å². The number of carbonyl (C=O) groups is 1. The fraction of sp³-hybridized carbons (Fsp3) is 0.435. The van der Waals surface area contributed by atoms with E-state index in [0.29, 0.717) is 23.8 Å². The largest absolute Gasteiger partial charge is 0.493 e. The lowest BCUT2D eigenvalue weighted by molar-refractivity contribution is -0.120. The minimum absolute atomic E-state index is 0.0579. The number of hydrogen-bond acceptors (Lipinski definition) is 6. The topological polar surface area (TPSA) is 63.3 Å². The van der Waals surface area contributed by atoms with Gasteiger partial charge in [0.1, 0.15) is 0 Å². The Balaban J connectivity index is 1.66. The van der Waals surface area contributed by atoms with Gasteiger partial charge in [-0.2, -0.15) is 0 Å². The van der Waals surface area contributed by atoms with E-state index in [2.05, 4.69) is 40.4 Å². The molecule has 1 saturated heterocycles. The van der Waals surface area contributed by atoms with Crippen LogP contribution in [0.15, 0.2) is 36.4 Å². The molecule has 1 fully saturated rings. The highest BCUT2D eigenvalue weighted by atomic mass is 16.5. The molecule has 1 aliphatic heterocycles. The van der Waals surface area contributed by atoms with Gasteiger partial charge in [-0.25, -0.2) is 0 Å². The molecule has 1 aliphatic rings. The number of rotatable bonds is 8. The average Bonchev–Trinajstić information content (AvgIpc) is 2.77. The van der Waals surface area contributed by atoms with Crippen LogP contribution in [0.1, 0.15) is 11.1 Å². The van der Waals surface area contributed by atoms with Crippen molar-refractivity contribution in [2.24, 2.45) is 0 Å². The number of methoxy groups -OCH3 is 3. The normalized spacial score (nSPS) is 14.3. The van der Waals surface area contributed by atoms with Crippen molar-refractivity contribution < 1.29 is 19.0 Å². The molecular weight excluding hydrogens is 382 g/mol. The molecule has 0 atom stereocenters. The lowest BCUT2D eigenvalue weighted by atomic mass is 10.1. The summed E-state index contributed by atoms with van der Waals surface area (Å²) in [5, 5.41) is 3.05. The van der Waals surface area contributed by atoms with E-state index in [1.807, 2.05) is 6.07 Å². The van der Waals surface area contributed by atoms with E-state index >= 15 is 0 Å². The van der Waals surface area contributed by atoms with Gasteiger partial charge in [0.2, 0.25) is 11.7 Å². The van der Waals surface area contributed by atoms with E-state index in [4.69, 9.17) is 14.2 Å². The van der Waals surface area contributed by atoms with Gasteiger partial charge in [-0.05, 0) is 36.4 Å². The number of para-hydroxylation sites is 1. The van der Waals surface area contributed by atoms with Crippen molar-refractivity contribution in [3.63, 3.8) is 0 Å². The summed E-state index contributed by atoms with van der Waals surface area (Å²) >= 11 is 0. The second-order valence-corrected chi connectivity index (χ2v) is 7.41. The molecule has 0 aromatic heterocycles. The predicted octanol–water partition coefficient (Wildman–Crippen LogP) is 2.32. The fourth-order valence-corrected chi connectivity index (χ4v) is 3.70. The lowest BCUT2D eigenvalue weighted by Gasteiger charge is -2.35. The monoisotopic (exact) mass is 413 g/mol. The lowest BCUT2D eigenvalue weighted by Crippen LogP contribution is -2.45. The first-order valence-electron chi connectivity index (χ1n) is 10.1. The Hall–Kier alpha value is -2.93. The maximum Gasteiger partial charge on any atom is 0.224 e. The number of amides is 1. The van der Waals surface area contributed by atoms with Crippen molar-refractivity contribution in [1.29, 1.82) is 0 Å². The molecular formula is C23H31N3O4. The average molecular weight is 414 g/mol. The van der Waals surface area contributed by atoms with E-state index in [1.165, 1.54) is 5.69 Å². The number of nitrogens with zero attached hydrogens (tertiary/aromatic N) is 2. The number of piperazine rings is 1. The van der Waals surface area contributed by atoms with Crippen LogP contribution < -0.4 is 24.4 Å². The van der Waals surface area contributed by atoms with Gasteiger partial charge in [-0.3, -0.25) is 4.79 Å². The summed E-state index contributed by atoms with van der Waals surface area (Å²) in [6.07, 6.45) is 0.230. The van der Waals surface area contributed by atoms with E-state index in [1.54, 1.807) is 33.5 Å². The van der Waals surface area contributed by atoms with Crippen LogP contribution in [0.3, 0.4) is 0 Å². The van der Waals surface area contributed by atoms with Crippen LogP contribution in [-0.4, -0.2) is 65.4 Å². The Bertz CT molecular complexity index is 838. The molecule has 0 spiro atoms. The zero-order valence-electron chi connectivity index (χ0n) is 18.2. The molecule has 2 aromatic carbocycles. The van der Waals surface area contributed by atoms with Crippen molar-refractivity contribution in [3.05, 3.63) is 47.5 Å². The van der Waals surface area contributed by atoms with Crippen LogP contribution in [-0.2, 0) is 17.8 Å². The standard InChI is InChI=1S/C23H31N3O4/c1-25-9-11-26(12-10-25)19-8-6-5-7-18(19)16-24-22(27)15-17-13-20(28-2)23(30-4)21(14-17)29-3/h5-8,13-14H,9-12,15-16H2,1-4H3,(H,24,27). The molecule has 0 aliphatic carbocycles. The molecule has 7 heteroatoms. The van der Waals surface area contributed by atoms with Crippen LogP contribution in [0.5, 0.6) is 17.2 Å². The number of ether oxygens (including phenoxy) is 3. The Morgan fingerprint density at radius 2 is 1.60 bits per heavy atom. The Morgan fingerprint density at radius 3 is 2.20 bits per heavy atom. The SMILES string of the molecule is COc1cc(CC(=O)NCc2ccccc2N2CCN(C)CC2)cc(OC)c1OC. The summed E-state index contributed by atoms with van der Waals surface area (Å²) < 4.78 is 16.1. The van der Waals surface area contributed by atoms with Gasteiger partial charge in [-0.15, -0.1) is 0 Å². The van der Waals surface area contributed by atoms with Crippen LogP contribution in [0, 0.1) is 0 Å². The summed E-state index contributed by atoms with van der Waals surface area (Å²) in [7, 11) is 6.84. The third kappa shape index (κ3) is 5.16. The minimum atomic E-state index is -0.0579. The summed E-state index contributed by atoms with van der Waals surface area (Å²) in [4.78, 5) is 17.3. The smallest absolute Gasteiger partial charge is 0.224 e. The highest BCUT2D eigenvalue weighted by Crippen LogP contribution is 2.38. The molecule has 7 nitrogen and oxygen atoms in total. The number of likely N-dealkylation sites (N-methyl/N-ethyl adjacent to an activating group) is 1. The van der Waals surface area contributed by atoms with Crippen molar-refractivity contribution in [3.8, 4) is 17.2 Å². The first-order valence-corrected chi connectivity index (χ1v) is 10.1. The van der Waals surface area contributed by atoms with E-state index in [-0.39, 0.29) is 12.3 Å². The third-order valence-corrected chi connectivity index (χ3v) is 5.40. The zero-order valence-corrected chi connectivity index (χ0v) is 18.2. The van der Waals surface area contributed by atoms with Crippen LogP contribution in [0.2, 0.25) is 0 Å². The summed E-state index contributed by atoms with van der Waals surface area (Å²) in [6, 6.07) is 11.9. The maximum atomic E-state index is 12.6. The van der Waals surface area contributed by atoms with E-state index in [0.717, 1.165) is 37.3 Å². The first-order chi connectivity index (χ1) is 14.5. The Morgan fingerprint density at radius 1 is 0.967 bits per heavy atom. The molecule has 3 rings (SSSR count). The molecule has 0 bridgehead atoms. The molecule has 1 amide bonds. The molecule has 0 unspecified atom stereocenters. The Kier molecular flexibility index (Phi) is 7.41. The Labute approximate surface area is 178 Å². The first kappa shape index (κ1) is 21.8. The van der Waals surface area contributed by atoms with Gasteiger partial charge in [0.25, 0.3) is 0 Å². The number of benzene rings is 2. The molecule has 0 radical (unpaired) electrons. The van der Waals surface area contributed by atoms with Gasteiger partial charge in [-0.1, -0.05) is 18.2 Å². The molecule has 2 aromatic rings. The molecule has 0 saturated carbocycles. The zero-order chi connectivity index (χ0) is 21.5. The van der Waals surface area contributed by atoms with Crippen LogP contribution in [0.4, 0.5) is 5.69 Å². The van der Waals surface area contributed by atoms with Gasteiger partial charge in [0, 0.05) is 38.4 Å². The minimum Gasteiger partial charge on any atom is -0.493 e. The van der Waals surface area contributed by atoms with Crippen molar-refractivity contribution in [2.75, 3.05) is 59.5 Å². The molecule has 1 N–H and O–H groups in total.